The maximum absolute atomic E-state index is 12.9. The van der Waals surface area contributed by atoms with Gasteiger partial charge in [0, 0.05) is 18.7 Å². The molecule has 5 heteroatoms. The molecule has 1 N–H and O–H groups in total. The summed E-state index contributed by atoms with van der Waals surface area (Å²) in [6, 6.07) is 5.88. The van der Waals surface area contributed by atoms with Gasteiger partial charge in [0.2, 0.25) is 17.7 Å². The Hall–Kier alpha value is -2.43. The number of allylic oxidation sites excluding steroid dienone is 2. The van der Waals surface area contributed by atoms with Gasteiger partial charge in [-0.15, -0.1) is 0 Å². The number of likely N-dealkylation sites (tertiary alicyclic amines) is 1. The van der Waals surface area contributed by atoms with Gasteiger partial charge in [-0.3, -0.25) is 19.3 Å². The van der Waals surface area contributed by atoms with Crippen LogP contribution < -0.4 is 5.32 Å². The fraction of sp³-hybridized carbons (Fsp3) is 0.500. The summed E-state index contributed by atoms with van der Waals surface area (Å²) in [5.74, 6) is 1.02. The molecule has 0 aromatic heterocycles. The van der Waals surface area contributed by atoms with Crippen molar-refractivity contribution in [2.24, 2.45) is 35.5 Å². The minimum absolute atomic E-state index is 0.0612. The topological polar surface area (TPSA) is 66.5 Å². The zero-order chi connectivity index (χ0) is 18.9. The first kappa shape index (κ1) is 16.7. The molecule has 6 atom stereocenters. The van der Waals surface area contributed by atoms with Crippen molar-refractivity contribution in [1.82, 2.24) is 4.90 Å². The number of nitrogens with zero attached hydrogens (tertiary/aromatic N) is 1. The van der Waals surface area contributed by atoms with Crippen molar-refractivity contribution in [2.45, 2.75) is 26.7 Å². The molecule has 1 aromatic rings. The number of amides is 3. The quantitative estimate of drug-likeness (QED) is 0.660. The molecule has 6 rings (SSSR count). The van der Waals surface area contributed by atoms with Crippen LogP contribution in [0.2, 0.25) is 0 Å². The zero-order valence-electron chi connectivity index (χ0n) is 15.6. The maximum Gasteiger partial charge on any atom is 0.233 e. The van der Waals surface area contributed by atoms with Crippen molar-refractivity contribution in [3.8, 4) is 0 Å². The second-order valence-electron chi connectivity index (χ2n) is 8.66. The lowest BCUT2D eigenvalue weighted by Crippen LogP contribution is -2.40. The molecule has 0 unspecified atom stereocenters. The average Bonchev–Trinajstić information content (AvgIpc) is 3.38. The molecule has 3 fully saturated rings. The van der Waals surface area contributed by atoms with E-state index in [9.17, 15) is 14.4 Å². The Balaban J connectivity index is 1.25. The van der Waals surface area contributed by atoms with E-state index in [-0.39, 0.29) is 54.4 Å². The SMILES string of the molecule is Cc1cc(C)cc(NC(=O)CCN2C(=O)[C@@H]3[C@@H]4C=C[C@H]([C@H]5C[C@H]45)[C@@H]3C2=O)c1. The van der Waals surface area contributed by atoms with Crippen LogP contribution in [0.1, 0.15) is 24.0 Å². The molecule has 5 nitrogen and oxygen atoms in total. The average molecular weight is 364 g/mol. The first-order valence-corrected chi connectivity index (χ1v) is 9.86. The largest absolute Gasteiger partial charge is 0.326 e. The third-order valence-corrected chi connectivity index (χ3v) is 6.82. The Morgan fingerprint density at radius 3 is 2.11 bits per heavy atom. The van der Waals surface area contributed by atoms with E-state index in [4.69, 9.17) is 0 Å². The predicted molar refractivity (Wildman–Crippen MR) is 101 cm³/mol. The molecule has 2 bridgehead atoms. The van der Waals surface area contributed by atoms with E-state index in [0.717, 1.165) is 23.2 Å². The standard InChI is InChI=1S/C22H24N2O3/c1-11-7-12(2)9-13(8-11)23-18(25)5-6-24-21(26)19-14-3-4-15(17-10-16(14)17)20(19)22(24)27/h3-4,7-9,14-17,19-20H,5-6,10H2,1-2H3,(H,23,25)/t14-,15-,16-,17-,19-,20+/m1/s1. The van der Waals surface area contributed by atoms with Crippen LogP contribution in [0.4, 0.5) is 5.69 Å². The van der Waals surface area contributed by atoms with Gasteiger partial charge in [-0.25, -0.2) is 0 Å². The van der Waals surface area contributed by atoms with E-state index in [1.807, 2.05) is 32.0 Å². The number of nitrogens with one attached hydrogen (secondary N) is 1. The predicted octanol–water partition coefficient (Wildman–Crippen LogP) is 2.69. The molecule has 0 radical (unpaired) electrons. The smallest absolute Gasteiger partial charge is 0.233 e. The zero-order valence-corrected chi connectivity index (χ0v) is 15.6. The monoisotopic (exact) mass is 364 g/mol. The Kier molecular flexibility index (Phi) is 3.58. The third kappa shape index (κ3) is 2.55. The number of benzene rings is 1. The molecule has 5 aliphatic rings. The van der Waals surface area contributed by atoms with Crippen LogP contribution in [0.25, 0.3) is 0 Å². The number of anilines is 1. The molecule has 1 aliphatic heterocycles. The minimum atomic E-state index is -0.182. The number of aryl methyl sites for hydroxylation is 2. The summed E-state index contributed by atoms with van der Waals surface area (Å²) in [7, 11) is 0. The third-order valence-electron chi connectivity index (χ3n) is 6.82. The number of carbonyl (C=O) groups is 3. The summed E-state index contributed by atoms with van der Waals surface area (Å²) >= 11 is 0. The molecule has 0 spiro atoms. The summed E-state index contributed by atoms with van der Waals surface area (Å²) in [5.41, 5.74) is 2.93. The molecule has 1 aromatic carbocycles. The second-order valence-corrected chi connectivity index (χ2v) is 8.66. The van der Waals surface area contributed by atoms with E-state index in [0.29, 0.717) is 11.8 Å². The first-order valence-electron chi connectivity index (χ1n) is 9.86. The number of carbonyl (C=O) groups excluding carboxylic acids is 3. The molecule has 2 saturated carbocycles. The van der Waals surface area contributed by atoms with Crippen molar-refractivity contribution in [3.63, 3.8) is 0 Å². The van der Waals surface area contributed by atoms with Gasteiger partial charge in [0.1, 0.15) is 0 Å². The van der Waals surface area contributed by atoms with Crippen LogP contribution in [-0.4, -0.2) is 29.2 Å². The number of rotatable bonds is 4. The van der Waals surface area contributed by atoms with E-state index in [1.54, 1.807) is 0 Å². The van der Waals surface area contributed by atoms with Gasteiger partial charge < -0.3 is 5.32 Å². The lowest BCUT2D eigenvalue weighted by molar-refractivity contribution is -0.140. The van der Waals surface area contributed by atoms with Crippen molar-refractivity contribution < 1.29 is 14.4 Å². The molecular formula is C22H24N2O3. The molecule has 1 heterocycles. The van der Waals surface area contributed by atoms with Gasteiger partial charge in [-0.2, -0.15) is 0 Å². The minimum Gasteiger partial charge on any atom is -0.326 e. The van der Waals surface area contributed by atoms with Gasteiger partial charge in [0.05, 0.1) is 11.8 Å². The molecule has 3 amide bonds. The highest BCUT2D eigenvalue weighted by Crippen LogP contribution is 2.65. The second kappa shape index (κ2) is 5.78. The Morgan fingerprint density at radius 2 is 1.56 bits per heavy atom. The van der Waals surface area contributed by atoms with Gasteiger partial charge in [-0.05, 0) is 67.2 Å². The van der Waals surface area contributed by atoms with Gasteiger partial charge in [-0.1, -0.05) is 18.2 Å². The summed E-state index contributed by atoms with van der Waals surface area (Å²) in [6.45, 7) is 4.15. The van der Waals surface area contributed by atoms with Crippen LogP contribution in [0.5, 0.6) is 0 Å². The Labute approximate surface area is 158 Å². The molecule has 4 aliphatic carbocycles. The summed E-state index contributed by atoms with van der Waals surface area (Å²) in [6.07, 6.45) is 5.64. The van der Waals surface area contributed by atoms with Crippen LogP contribution in [-0.2, 0) is 14.4 Å². The van der Waals surface area contributed by atoms with Crippen LogP contribution >= 0.6 is 0 Å². The van der Waals surface area contributed by atoms with Gasteiger partial charge in [0.15, 0.2) is 0 Å². The highest BCUT2D eigenvalue weighted by molar-refractivity contribution is 6.06. The van der Waals surface area contributed by atoms with Crippen molar-refractivity contribution in [2.75, 3.05) is 11.9 Å². The Morgan fingerprint density at radius 1 is 1.00 bits per heavy atom. The summed E-state index contributed by atoms with van der Waals surface area (Å²) < 4.78 is 0. The fourth-order valence-electron chi connectivity index (χ4n) is 5.72. The van der Waals surface area contributed by atoms with Crippen LogP contribution in [0, 0.1) is 49.4 Å². The molecular weight excluding hydrogens is 340 g/mol. The van der Waals surface area contributed by atoms with Crippen LogP contribution in [0.15, 0.2) is 30.4 Å². The van der Waals surface area contributed by atoms with E-state index >= 15 is 0 Å². The number of imide groups is 1. The molecule has 1 saturated heterocycles. The number of hydrogen-bond acceptors (Lipinski definition) is 3. The maximum atomic E-state index is 12.9. The van der Waals surface area contributed by atoms with E-state index in [1.165, 1.54) is 4.90 Å². The van der Waals surface area contributed by atoms with Crippen molar-refractivity contribution >= 4 is 23.4 Å². The highest BCUT2D eigenvalue weighted by Gasteiger charge is 2.66. The normalized spacial score (nSPS) is 35.3. The molecule has 27 heavy (non-hydrogen) atoms. The van der Waals surface area contributed by atoms with Crippen LogP contribution in [0.3, 0.4) is 0 Å². The van der Waals surface area contributed by atoms with Gasteiger partial charge in [0.25, 0.3) is 0 Å². The lowest BCUT2D eigenvalue weighted by atomic mass is 9.63. The van der Waals surface area contributed by atoms with E-state index < -0.39 is 0 Å². The van der Waals surface area contributed by atoms with Crippen molar-refractivity contribution in [3.05, 3.63) is 41.5 Å². The van der Waals surface area contributed by atoms with Gasteiger partial charge >= 0.3 is 0 Å². The fourth-order valence-corrected chi connectivity index (χ4v) is 5.72. The lowest BCUT2D eigenvalue weighted by Gasteiger charge is -2.37. The Bertz CT molecular complexity index is 833. The highest BCUT2D eigenvalue weighted by atomic mass is 16.2. The number of hydrogen-bond donors (Lipinski definition) is 1. The van der Waals surface area contributed by atoms with E-state index in [2.05, 4.69) is 17.5 Å². The summed E-state index contributed by atoms with van der Waals surface area (Å²) in [4.78, 5) is 39.5. The first-order chi connectivity index (χ1) is 12.9. The van der Waals surface area contributed by atoms with Crippen molar-refractivity contribution in [1.29, 1.82) is 0 Å². The summed E-state index contributed by atoms with van der Waals surface area (Å²) in [5, 5.41) is 2.88. The molecule has 140 valence electrons.